The summed E-state index contributed by atoms with van der Waals surface area (Å²) >= 11 is 0. The Hall–Kier alpha value is -10.1. The molecule has 19 N–H and O–H groups in total. The second-order valence-electron chi connectivity index (χ2n) is 11.0. The number of aliphatic hydroxyl groups excluding tert-OH is 1. The molecule has 39 nitrogen and oxygen atoms in total. The molecule has 486 valence electrons. The maximum atomic E-state index is 10.5. The van der Waals surface area contributed by atoms with Crippen LogP contribution in [0.5, 0.6) is 0 Å². The number of carbonyl (C=O) groups excluding carboxylic acids is 1. The Morgan fingerprint density at radius 1 is 0.222 bits per heavy atom. The molecule has 0 aliphatic rings. The predicted molar refractivity (Wildman–Crippen MR) is 273 cm³/mol. The van der Waals surface area contributed by atoms with Crippen molar-refractivity contribution >= 4 is 113 Å². The summed E-state index contributed by atoms with van der Waals surface area (Å²) in [7, 11) is 0. The van der Waals surface area contributed by atoms with Crippen LogP contribution in [0.15, 0.2) is 0 Å². The summed E-state index contributed by atoms with van der Waals surface area (Å²) in [5.74, 6) is -15.2. The first-order valence-electron chi connectivity index (χ1n) is 19.8. The van der Waals surface area contributed by atoms with Gasteiger partial charge in [0.05, 0.1) is 6.61 Å². The molecule has 0 unspecified atom stereocenters. The molecular weight excluding hydrogens is 1130 g/mol. The van der Waals surface area contributed by atoms with Gasteiger partial charge in [-0.1, -0.05) is 0 Å². The number of rotatable bonds is 4. The van der Waals surface area contributed by atoms with Gasteiger partial charge in [-0.25, -0.2) is 0 Å². The number of hydrogen-bond donors (Lipinski definition) is 19. The highest BCUT2D eigenvalue weighted by atomic mass is 16.5. The summed E-state index contributed by atoms with van der Waals surface area (Å²) in [4.78, 5) is 172. The Balaban J connectivity index is -0.0000000296. The van der Waals surface area contributed by atoms with Crippen molar-refractivity contribution in [1.82, 2.24) is 0 Å². The number of carboxylic acid groups (broad SMARTS) is 18. The van der Waals surface area contributed by atoms with Crippen molar-refractivity contribution in [1.29, 1.82) is 0 Å². The summed E-state index contributed by atoms with van der Waals surface area (Å²) in [6, 6.07) is 0. The van der Waals surface area contributed by atoms with Crippen LogP contribution in [0, 0.1) is 0 Å². The van der Waals surface area contributed by atoms with Gasteiger partial charge in [-0.2, -0.15) is 0 Å². The smallest absolute Gasteiger partial charge is 0.305 e. The molecule has 0 fully saturated rings. The van der Waals surface area contributed by atoms with Crippen LogP contribution < -0.4 is 0 Å². The van der Waals surface area contributed by atoms with E-state index in [2.05, 4.69) is 4.74 Å². The summed E-state index contributed by atoms with van der Waals surface area (Å²) in [6.45, 7) is 21.7. The van der Waals surface area contributed by atoms with Crippen LogP contribution in [0.3, 0.4) is 0 Å². The van der Waals surface area contributed by atoms with Crippen molar-refractivity contribution in [2.75, 3.05) is 13.2 Å². The lowest BCUT2D eigenvalue weighted by molar-refractivity contribution is -0.144. The van der Waals surface area contributed by atoms with Crippen molar-refractivity contribution < 1.29 is 193 Å². The van der Waals surface area contributed by atoms with E-state index in [4.69, 9.17) is 183 Å². The lowest BCUT2D eigenvalue weighted by Crippen LogP contribution is -2.03. The molecule has 0 spiro atoms. The molecule has 0 heterocycles. The molecule has 0 amide bonds. The fraction of sp³-hybridized carbons (Fsp3) is 0.548. The first-order chi connectivity index (χ1) is 35.5. The quantitative estimate of drug-likeness (QED) is 0.179. The molecule has 0 radical (unpaired) electrons. The maximum Gasteiger partial charge on any atom is 0.305 e. The van der Waals surface area contributed by atoms with Crippen molar-refractivity contribution in [2.45, 2.75) is 144 Å². The fourth-order valence-corrected chi connectivity index (χ4v) is 0.457. The monoisotopic (exact) mass is 1210 g/mol. The summed E-state index contributed by atoms with van der Waals surface area (Å²) in [5, 5.41) is 142. The molecule has 0 rings (SSSR count). The number of aliphatic hydroxyl groups is 1. The van der Waals surface area contributed by atoms with Crippen molar-refractivity contribution in [2.24, 2.45) is 0 Å². The topological polar surface area (TPSA) is 718 Å². The minimum atomic E-state index is -0.833. The van der Waals surface area contributed by atoms with Gasteiger partial charge >= 0.3 is 5.97 Å². The normalized spacial score (nSPS) is 6.57. The first kappa shape index (κ1) is 129. The van der Waals surface area contributed by atoms with Crippen molar-refractivity contribution in [3.8, 4) is 0 Å². The summed E-state index contributed by atoms with van der Waals surface area (Å²) in [5.41, 5.74) is 0. The molecular formula is C42H84O39. The number of aliphatic carboxylic acids is 18. The van der Waals surface area contributed by atoms with Crippen LogP contribution in [0.4, 0.5) is 0 Å². The third kappa shape index (κ3) is 33300. The molecule has 39 heteroatoms. The number of ether oxygens (including phenoxy) is 1. The number of hydrogen-bond acceptors (Lipinski definition) is 21. The van der Waals surface area contributed by atoms with Gasteiger partial charge in [0.15, 0.2) is 0 Å². The molecule has 0 saturated carbocycles. The molecule has 0 aliphatic carbocycles. The molecule has 0 atom stereocenters. The van der Waals surface area contributed by atoms with Gasteiger partial charge in [0.2, 0.25) is 0 Å². The van der Waals surface area contributed by atoms with E-state index < -0.39 is 107 Å². The Bertz CT molecular complexity index is 1120. The minimum absolute atomic E-state index is 0.0544. The molecule has 0 aromatic heterocycles. The molecule has 0 bridgehead atoms. The van der Waals surface area contributed by atoms with Crippen LogP contribution in [0.25, 0.3) is 0 Å². The molecule has 0 saturated heterocycles. The largest absolute Gasteiger partial charge is 0.481 e. The van der Waals surface area contributed by atoms with Gasteiger partial charge in [0, 0.05) is 138 Å². The Morgan fingerprint density at radius 3 is 0.346 bits per heavy atom. The van der Waals surface area contributed by atoms with Gasteiger partial charge in [-0.3, -0.25) is 91.1 Å². The van der Waals surface area contributed by atoms with Gasteiger partial charge in [-0.05, 0) is 13.3 Å². The van der Waals surface area contributed by atoms with Crippen LogP contribution >= 0.6 is 0 Å². The Labute approximate surface area is 463 Å². The third-order valence-corrected chi connectivity index (χ3v) is 0.844. The Morgan fingerprint density at radius 2 is 0.296 bits per heavy atom. The van der Waals surface area contributed by atoms with Crippen LogP contribution in [0.1, 0.15) is 144 Å². The standard InChI is InChI=1S/C6H12O3.18C2H4O2/c1-2-9-6(8)4-3-5-7;18*1-2(3)4/h7H,2-5H2,1H3;18*1H3,(H,3,4). The average Bonchev–Trinajstić information content (AvgIpc) is 3.07. The van der Waals surface area contributed by atoms with Gasteiger partial charge < -0.3 is 102 Å². The highest BCUT2D eigenvalue weighted by Crippen LogP contribution is 1.90. The second-order valence-corrected chi connectivity index (χ2v) is 11.0. The predicted octanol–water partition coefficient (Wildman–Crippen LogP) is 1.96. The number of carbonyl (C=O) groups is 19. The zero-order valence-corrected chi connectivity index (χ0v) is 48.0. The minimum Gasteiger partial charge on any atom is -0.481 e. The lowest BCUT2D eigenvalue weighted by atomic mass is 10.3. The van der Waals surface area contributed by atoms with Crippen LogP contribution in [-0.2, 0) is 95.8 Å². The van der Waals surface area contributed by atoms with Gasteiger partial charge in [-0.15, -0.1) is 0 Å². The van der Waals surface area contributed by atoms with E-state index in [-0.39, 0.29) is 12.6 Å². The van der Waals surface area contributed by atoms with E-state index in [9.17, 15) is 4.79 Å². The van der Waals surface area contributed by atoms with E-state index >= 15 is 0 Å². The molecule has 0 aromatic carbocycles. The van der Waals surface area contributed by atoms with E-state index in [0.717, 1.165) is 125 Å². The Kier molecular flexibility index (Phi) is 196. The van der Waals surface area contributed by atoms with E-state index in [1.807, 2.05) is 0 Å². The van der Waals surface area contributed by atoms with E-state index in [1.165, 1.54) is 0 Å². The third-order valence-electron chi connectivity index (χ3n) is 0.844. The maximum absolute atomic E-state index is 10.5. The zero-order valence-electron chi connectivity index (χ0n) is 48.0. The van der Waals surface area contributed by atoms with Crippen LogP contribution in [-0.4, -0.2) is 224 Å². The first-order valence-corrected chi connectivity index (χ1v) is 19.8. The SMILES string of the molecule is CC(=O)O.CC(=O)O.CC(=O)O.CC(=O)O.CC(=O)O.CC(=O)O.CC(=O)O.CC(=O)O.CC(=O)O.CC(=O)O.CC(=O)O.CC(=O)O.CC(=O)O.CC(=O)O.CC(=O)O.CC(=O)O.CC(=O)O.CC(=O)O.CCOC(=O)CCCO. The van der Waals surface area contributed by atoms with Gasteiger partial charge in [0.25, 0.3) is 107 Å². The van der Waals surface area contributed by atoms with Crippen molar-refractivity contribution in [3.63, 3.8) is 0 Å². The molecule has 0 aromatic rings. The summed E-state index contributed by atoms with van der Waals surface area (Å²) < 4.78 is 4.59. The van der Waals surface area contributed by atoms with Gasteiger partial charge in [0.1, 0.15) is 0 Å². The van der Waals surface area contributed by atoms with Crippen molar-refractivity contribution in [3.05, 3.63) is 0 Å². The zero-order chi connectivity index (χ0) is 71.5. The highest BCUT2D eigenvalue weighted by Gasteiger charge is 1.98. The average molecular weight is 1210 g/mol. The number of carboxylic acids is 18. The summed E-state index contributed by atoms with van der Waals surface area (Å²) in [6.07, 6.45) is 0.823. The number of esters is 1. The lowest BCUT2D eigenvalue weighted by Gasteiger charge is -1.97. The van der Waals surface area contributed by atoms with E-state index in [1.54, 1.807) is 6.92 Å². The molecule has 81 heavy (non-hydrogen) atoms. The highest BCUT2D eigenvalue weighted by molar-refractivity contribution is 5.69. The molecule has 0 aliphatic heterocycles. The van der Waals surface area contributed by atoms with Crippen LogP contribution in [0.2, 0.25) is 0 Å². The second kappa shape index (κ2) is 123. The fourth-order valence-electron chi connectivity index (χ4n) is 0.457. The van der Waals surface area contributed by atoms with E-state index in [0.29, 0.717) is 19.4 Å².